The number of rotatable bonds is 5. The Balaban J connectivity index is 1.44. The lowest BCUT2D eigenvalue weighted by atomic mass is 9.97. The number of nitrogens with zero attached hydrogens (tertiary/aromatic N) is 5. The Morgan fingerprint density at radius 2 is 2.00 bits per heavy atom. The van der Waals surface area contributed by atoms with E-state index in [-0.39, 0.29) is 23.8 Å². The van der Waals surface area contributed by atoms with Crippen LogP contribution in [0.5, 0.6) is 0 Å². The Morgan fingerprint density at radius 1 is 1.12 bits per heavy atom. The minimum Gasteiger partial charge on any atom is -0.478 e. The largest absolute Gasteiger partial charge is 0.478 e. The van der Waals surface area contributed by atoms with Gasteiger partial charge in [-0.15, -0.1) is 5.10 Å². The first kappa shape index (κ1) is 26.7. The summed E-state index contributed by atoms with van der Waals surface area (Å²) in [6, 6.07) is 12.8. The highest BCUT2D eigenvalue weighted by atomic mass is 35.5. The Bertz CT molecular complexity index is 1600. The molecule has 0 unspecified atom stereocenters. The van der Waals surface area contributed by atoms with Gasteiger partial charge in [0.15, 0.2) is 0 Å². The molecule has 0 saturated carbocycles. The van der Waals surface area contributed by atoms with Gasteiger partial charge in [0, 0.05) is 40.5 Å². The number of fused-ring (bicyclic) bond motifs is 4. The number of tetrazole rings is 1. The average molecular weight is 558 g/mol. The van der Waals surface area contributed by atoms with Crippen LogP contribution in [0.2, 0.25) is 5.02 Å². The lowest BCUT2D eigenvalue weighted by Gasteiger charge is -2.20. The van der Waals surface area contributed by atoms with E-state index in [1.165, 1.54) is 29.2 Å². The van der Waals surface area contributed by atoms with Gasteiger partial charge in [0.2, 0.25) is 11.8 Å². The van der Waals surface area contributed by atoms with Crippen molar-refractivity contribution in [3.63, 3.8) is 0 Å². The third-order valence-corrected chi connectivity index (χ3v) is 6.69. The molecule has 12 heteroatoms. The Hall–Kier alpha value is -4.90. The minimum atomic E-state index is -1.07. The van der Waals surface area contributed by atoms with Gasteiger partial charge in [-0.25, -0.2) is 4.79 Å². The molecule has 202 valence electrons. The van der Waals surface area contributed by atoms with Crippen molar-refractivity contribution in [2.45, 2.75) is 31.7 Å². The third-order valence-electron chi connectivity index (χ3n) is 6.45. The Labute approximate surface area is 233 Å². The molecule has 40 heavy (non-hydrogen) atoms. The fraction of sp³-hybridized carbons (Fsp3) is 0.179. The van der Waals surface area contributed by atoms with Crippen LogP contribution in [-0.4, -0.2) is 48.1 Å². The highest BCUT2D eigenvalue weighted by Gasteiger charge is 2.19. The average Bonchev–Trinajstić information content (AvgIpc) is 3.48. The monoisotopic (exact) mass is 557 g/mol. The van der Waals surface area contributed by atoms with Crippen LogP contribution < -0.4 is 10.6 Å². The number of hydrogen-bond acceptors (Lipinski definition) is 7. The number of carbonyl (C=O) groups is 3. The zero-order valence-electron chi connectivity index (χ0n) is 21.1. The molecular formula is C28H24ClN7O4. The van der Waals surface area contributed by atoms with Gasteiger partial charge in [0.05, 0.1) is 23.0 Å². The predicted molar refractivity (Wildman–Crippen MR) is 148 cm³/mol. The molecule has 11 nitrogen and oxygen atoms in total. The Kier molecular flexibility index (Phi) is 7.92. The first-order valence-electron chi connectivity index (χ1n) is 12.5. The summed E-state index contributed by atoms with van der Waals surface area (Å²) in [5, 5.41) is 27.1. The normalized spacial score (nSPS) is 15.4. The fourth-order valence-corrected chi connectivity index (χ4v) is 4.68. The van der Waals surface area contributed by atoms with E-state index in [4.69, 9.17) is 11.6 Å². The van der Waals surface area contributed by atoms with Crippen LogP contribution in [0.3, 0.4) is 0 Å². The van der Waals surface area contributed by atoms with Gasteiger partial charge < -0.3 is 15.7 Å². The number of hydrogen-bond donors (Lipinski definition) is 3. The number of halogens is 1. The highest BCUT2D eigenvalue weighted by molar-refractivity contribution is 6.30. The molecule has 2 bridgehead atoms. The summed E-state index contributed by atoms with van der Waals surface area (Å²) in [5.41, 5.74) is 3.74. The summed E-state index contributed by atoms with van der Waals surface area (Å²) < 4.78 is 1.47. The molecule has 2 aromatic heterocycles. The second-order valence-corrected chi connectivity index (χ2v) is 9.62. The number of amides is 2. The van der Waals surface area contributed by atoms with Crippen molar-refractivity contribution in [3.8, 4) is 16.8 Å². The van der Waals surface area contributed by atoms with E-state index >= 15 is 0 Å². The lowest BCUT2D eigenvalue weighted by molar-refractivity contribution is -0.118. The van der Waals surface area contributed by atoms with E-state index in [0.717, 1.165) is 0 Å². The summed E-state index contributed by atoms with van der Waals surface area (Å²) in [7, 11) is 0. The van der Waals surface area contributed by atoms with Crippen LogP contribution in [0.1, 0.15) is 53.3 Å². The van der Waals surface area contributed by atoms with E-state index in [2.05, 4.69) is 31.1 Å². The minimum absolute atomic E-state index is 0.0931. The summed E-state index contributed by atoms with van der Waals surface area (Å²) in [5.74, 6) is -1.59. The zero-order valence-corrected chi connectivity index (χ0v) is 21.9. The van der Waals surface area contributed by atoms with E-state index < -0.39 is 12.0 Å². The number of anilines is 1. The van der Waals surface area contributed by atoms with Crippen molar-refractivity contribution in [3.05, 3.63) is 89.0 Å². The number of carboxylic acid groups (broad SMARTS) is 1. The zero-order chi connectivity index (χ0) is 28.1. The second-order valence-electron chi connectivity index (χ2n) is 9.18. The molecule has 0 spiro atoms. The van der Waals surface area contributed by atoms with Crippen molar-refractivity contribution in [2.75, 3.05) is 5.32 Å². The van der Waals surface area contributed by atoms with Crippen LogP contribution in [0.25, 0.3) is 22.9 Å². The summed E-state index contributed by atoms with van der Waals surface area (Å²) in [4.78, 5) is 41.8. The van der Waals surface area contributed by atoms with Crippen LogP contribution in [0, 0.1) is 0 Å². The molecule has 5 rings (SSSR count). The maximum atomic E-state index is 13.1. The van der Waals surface area contributed by atoms with Crippen LogP contribution in [-0.2, 0) is 9.59 Å². The van der Waals surface area contributed by atoms with E-state index in [1.54, 1.807) is 48.7 Å². The molecule has 2 amide bonds. The number of carboxylic acids is 1. The van der Waals surface area contributed by atoms with E-state index in [9.17, 15) is 19.5 Å². The quantitative estimate of drug-likeness (QED) is 0.304. The van der Waals surface area contributed by atoms with Gasteiger partial charge >= 0.3 is 5.97 Å². The van der Waals surface area contributed by atoms with Crippen molar-refractivity contribution in [1.82, 2.24) is 30.5 Å². The van der Waals surface area contributed by atoms with Gasteiger partial charge in [-0.2, -0.15) is 4.68 Å². The number of aromatic nitrogens is 5. The van der Waals surface area contributed by atoms with Gasteiger partial charge in [-0.05, 0) is 83.4 Å². The summed E-state index contributed by atoms with van der Waals surface area (Å²) in [6.45, 7) is 0. The predicted octanol–water partition coefficient (Wildman–Crippen LogP) is 4.46. The fourth-order valence-electron chi connectivity index (χ4n) is 4.50. The van der Waals surface area contributed by atoms with Crippen molar-refractivity contribution < 1.29 is 19.5 Å². The summed E-state index contributed by atoms with van der Waals surface area (Å²) in [6.07, 6.45) is 8.21. The van der Waals surface area contributed by atoms with Crippen LogP contribution in [0.4, 0.5) is 5.69 Å². The molecule has 0 fully saturated rings. The molecule has 4 aromatic rings. The first-order chi connectivity index (χ1) is 19.4. The van der Waals surface area contributed by atoms with Gasteiger partial charge in [0.1, 0.15) is 6.33 Å². The molecule has 1 atom stereocenters. The molecule has 0 saturated heterocycles. The molecule has 1 aliphatic heterocycles. The lowest BCUT2D eigenvalue weighted by Crippen LogP contribution is -2.27. The molecule has 0 radical (unpaired) electrons. The smallest absolute Gasteiger partial charge is 0.335 e. The SMILES string of the molecule is O=C(/C=C/c1cc(Cl)ccc1-n1cnnn1)N[C@H]1CCCCC(=O)Nc2ccc(C(=O)O)cc2-c2ccnc1c2. The van der Waals surface area contributed by atoms with Crippen molar-refractivity contribution in [1.29, 1.82) is 0 Å². The number of carbonyl (C=O) groups excluding carboxylic acids is 2. The number of nitrogens with one attached hydrogen (secondary N) is 2. The number of aromatic carboxylic acids is 1. The van der Waals surface area contributed by atoms with Crippen molar-refractivity contribution >= 4 is 41.1 Å². The highest BCUT2D eigenvalue weighted by Crippen LogP contribution is 2.32. The standard InChI is InChI=1S/C28H24ClN7O4/c29-20-7-9-25(36-16-31-34-35-36)18(13-20)6-10-27(38)33-23-3-1-2-4-26(37)32-22-8-5-19(28(39)40)14-21(22)17-11-12-30-24(23)15-17/h5-16,23H,1-4H2,(H,32,37)(H,33,38)(H,39,40)/b10-6+/t23-/m0/s1. The second kappa shape index (κ2) is 11.9. The van der Waals surface area contributed by atoms with Gasteiger partial charge in [0.25, 0.3) is 0 Å². The maximum absolute atomic E-state index is 13.1. The van der Waals surface area contributed by atoms with Crippen molar-refractivity contribution in [2.24, 2.45) is 0 Å². The van der Waals surface area contributed by atoms with Crippen LogP contribution >= 0.6 is 11.6 Å². The first-order valence-corrected chi connectivity index (χ1v) is 12.9. The van der Waals surface area contributed by atoms with Gasteiger partial charge in [-0.1, -0.05) is 18.0 Å². The van der Waals surface area contributed by atoms with Crippen LogP contribution in [0.15, 0.2) is 67.1 Å². The molecule has 3 heterocycles. The van der Waals surface area contributed by atoms with E-state index in [0.29, 0.717) is 58.0 Å². The molecular weight excluding hydrogens is 534 g/mol. The Morgan fingerprint density at radius 3 is 2.80 bits per heavy atom. The summed E-state index contributed by atoms with van der Waals surface area (Å²) >= 11 is 6.18. The topological polar surface area (TPSA) is 152 Å². The number of benzene rings is 2. The van der Waals surface area contributed by atoms with Gasteiger partial charge in [-0.3, -0.25) is 14.6 Å². The van der Waals surface area contributed by atoms with E-state index in [1.807, 2.05) is 0 Å². The molecule has 3 N–H and O–H groups in total. The maximum Gasteiger partial charge on any atom is 0.335 e. The molecule has 2 aromatic carbocycles. The number of pyridine rings is 1. The molecule has 1 aliphatic rings. The molecule has 0 aliphatic carbocycles. The third kappa shape index (κ3) is 6.21.